The number of rotatable bonds is 0. The molecule has 0 spiro atoms. The van der Waals surface area contributed by atoms with Gasteiger partial charge in [0.05, 0.1) is 11.6 Å². The van der Waals surface area contributed by atoms with Crippen molar-refractivity contribution in [2.45, 2.75) is 6.42 Å². The Balaban J connectivity index is 2.46. The summed E-state index contributed by atoms with van der Waals surface area (Å²) in [6, 6.07) is 7.51. The van der Waals surface area contributed by atoms with Crippen molar-refractivity contribution >= 4 is 11.6 Å². The molecule has 1 aromatic carbocycles. The lowest BCUT2D eigenvalue weighted by atomic mass is 10.0. The SMILES string of the molecule is N#CC1=COc2cccc(Cl)c2C1. The second-order valence-electron chi connectivity index (χ2n) is 2.77. The number of fused-ring (bicyclic) bond motifs is 1. The van der Waals surface area contributed by atoms with Crippen LogP contribution in [0.15, 0.2) is 30.0 Å². The van der Waals surface area contributed by atoms with Crippen LogP contribution in [0.1, 0.15) is 5.56 Å². The summed E-state index contributed by atoms with van der Waals surface area (Å²) in [5.41, 5.74) is 1.49. The summed E-state index contributed by atoms with van der Waals surface area (Å²) < 4.78 is 5.24. The fourth-order valence-corrected chi connectivity index (χ4v) is 1.49. The summed E-state index contributed by atoms with van der Waals surface area (Å²) >= 11 is 5.95. The van der Waals surface area contributed by atoms with Gasteiger partial charge in [-0.05, 0) is 12.1 Å². The van der Waals surface area contributed by atoms with E-state index in [1.54, 1.807) is 6.07 Å². The fraction of sp³-hybridized carbons (Fsp3) is 0.100. The molecule has 0 N–H and O–H groups in total. The molecule has 13 heavy (non-hydrogen) atoms. The number of hydrogen-bond donors (Lipinski definition) is 0. The van der Waals surface area contributed by atoms with E-state index in [0.717, 1.165) is 11.3 Å². The molecule has 0 unspecified atom stereocenters. The van der Waals surface area contributed by atoms with Gasteiger partial charge in [0.25, 0.3) is 0 Å². The van der Waals surface area contributed by atoms with Crippen molar-refractivity contribution in [3.8, 4) is 11.8 Å². The molecule has 0 atom stereocenters. The molecular formula is C10H6ClNO. The Morgan fingerprint density at radius 1 is 1.46 bits per heavy atom. The molecule has 1 heterocycles. The van der Waals surface area contributed by atoms with Gasteiger partial charge in [-0.25, -0.2) is 0 Å². The summed E-state index contributed by atoms with van der Waals surface area (Å²) in [4.78, 5) is 0. The first-order chi connectivity index (χ1) is 6.31. The van der Waals surface area contributed by atoms with E-state index in [9.17, 15) is 0 Å². The molecule has 0 saturated carbocycles. The summed E-state index contributed by atoms with van der Waals surface area (Å²) in [6.07, 6.45) is 2.03. The molecule has 0 saturated heterocycles. The van der Waals surface area contributed by atoms with E-state index in [0.29, 0.717) is 17.0 Å². The van der Waals surface area contributed by atoms with Crippen LogP contribution in [0, 0.1) is 11.3 Å². The molecule has 0 aliphatic carbocycles. The monoisotopic (exact) mass is 191 g/mol. The molecule has 2 rings (SSSR count). The third-order valence-electron chi connectivity index (χ3n) is 1.91. The Hall–Kier alpha value is -1.46. The highest BCUT2D eigenvalue weighted by molar-refractivity contribution is 6.31. The highest BCUT2D eigenvalue weighted by Crippen LogP contribution is 2.31. The molecular weight excluding hydrogens is 186 g/mol. The molecule has 0 amide bonds. The maximum atomic E-state index is 8.67. The van der Waals surface area contributed by atoms with Crippen molar-refractivity contribution in [1.82, 2.24) is 0 Å². The van der Waals surface area contributed by atoms with E-state index < -0.39 is 0 Å². The summed E-state index contributed by atoms with van der Waals surface area (Å²) in [6.45, 7) is 0. The number of halogens is 1. The van der Waals surface area contributed by atoms with Crippen LogP contribution in [0.3, 0.4) is 0 Å². The maximum absolute atomic E-state index is 8.67. The van der Waals surface area contributed by atoms with Crippen molar-refractivity contribution in [3.63, 3.8) is 0 Å². The van der Waals surface area contributed by atoms with Gasteiger partial charge in [-0.1, -0.05) is 17.7 Å². The largest absolute Gasteiger partial charge is 0.464 e. The molecule has 64 valence electrons. The molecule has 0 aromatic heterocycles. The molecule has 1 aromatic rings. The molecule has 0 fully saturated rings. The summed E-state index contributed by atoms with van der Waals surface area (Å²) in [7, 11) is 0. The average molecular weight is 192 g/mol. The zero-order chi connectivity index (χ0) is 9.26. The summed E-state index contributed by atoms with van der Waals surface area (Å²) in [5.74, 6) is 0.742. The van der Waals surface area contributed by atoms with Gasteiger partial charge in [0.2, 0.25) is 0 Å². The molecule has 2 nitrogen and oxygen atoms in total. The van der Waals surface area contributed by atoms with Crippen LogP contribution in [0.25, 0.3) is 0 Å². The minimum Gasteiger partial charge on any atom is -0.464 e. The zero-order valence-corrected chi connectivity index (χ0v) is 7.51. The lowest BCUT2D eigenvalue weighted by molar-refractivity contribution is 0.460. The maximum Gasteiger partial charge on any atom is 0.131 e. The molecule has 3 heteroatoms. The van der Waals surface area contributed by atoms with Gasteiger partial charge in [-0.15, -0.1) is 0 Å². The van der Waals surface area contributed by atoms with E-state index in [4.69, 9.17) is 21.6 Å². The lowest BCUT2D eigenvalue weighted by Crippen LogP contribution is -2.01. The highest BCUT2D eigenvalue weighted by Gasteiger charge is 2.14. The Bertz CT molecular complexity index is 417. The number of ether oxygens (including phenoxy) is 1. The van der Waals surface area contributed by atoms with Gasteiger partial charge in [-0.3, -0.25) is 0 Å². The standard InChI is InChI=1S/C10H6ClNO/c11-9-2-1-3-10-8(9)4-7(5-12)6-13-10/h1-3,6H,4H2. The van der Waals surface area contributed by atoms with Crippen molar-refractivity contribution < 1.29 is 4.74 Å². The number of benzene rings is 1. The molecule has 0 bridgehead atoms. The number of allylic oxidation sites excluding steroid dienone is 1. The van der Waals surface area contributed by atoms with Crippen LogP contribution in [0.2, 0.25) is 5.02 Å². The molecule has 0 radical (unpaired) electrons. The van der Waals surface area contributed by atoms with E-state index in [-0.39, 0.29) is 0 Å². The van der Waals surface area contributed by atoms with Crippen molar-refractivity contribution in [1.29, 1.82) is 5.26 Å². The van der Waals surface area contributed by atoms with Gasteiger partial charge < -0.3 is 4.74 Å². The van der Waals surface area contributed by atoms with E-state index in [1.807, 2.05) is 18.2 Å². The number of nitrogens with zero attached hydrogens (tertiary/aromatic N) is 1. The quantitative estimate of drug-likeness (QED) is 0.632. The normalized spacial score (nSPS) is 13.7. The third-order valence-corrected chi connectivity index (χ3v) is 2.27. The van der Waals surface area contributed by atoms with E-state index >= 15 is 0 Å². The van der Waals surface area contributed by atoms with E-state index in [2.05, 4.69) is 0 Å². The zero-order valence-electron chi connectivity index (χ0n) is 6.75. The van der Waals surface area contributed by atoms with Gasteiger partial charge in [0.15, 0.2) is 0 Å². The minimum absolute atomic E-state index is 0.561. The lowest BCUT2D eigenvalue weighted by Gasteiger charge is -2.14. The Labute approximate surface area is 81.0 Å². The van der Waals surface area contributed by atoms with Crippen LogP contribution in [0.4, 0.5) is 0 Å². The second-order valence-corrected chi connectivity index (χ2v) is 3.17. The van der Waals surface area contributed by atoms with Crippen molar-refractivity contribution in [2.24, 2.45) is 0 Å². The first-order valence-corrected chi connectivity index (χ1v) is 4.22. The number of nitriles is 1. The first-order valence-electron chi connectivity index (χ1n) is 3.84. The minimum atomic E-state index is 0.561. The highest BCUT2D eigenvalue weighted by atomic mass is 35.5. The van der Waals surface area contributed by atoms with Crippen molar-refractivity contribution in [2.75, 3.05) is 0 Å². The first kappa shape index (κ1) is 8.15. The fourth-order valence-electron chi connectivity index (χ4n) is 1.25. The topological polar surface area (TPSA) is 33.0 Å². The van der Waals surface area contributed by atoms with E-state index in [1.165, 1.54) is 6.26 Å². The van der Waals surface area contributed by atoms with Crippen LogP contribution >= 0.6 is 11.6 Å². The summed E-state index contributed by atoms with van der Waals surface area (Å²) in [5, 5.41) is 9.32. The van der Waals surface area contributed by atoms with Crippen molar-refractivity contribution in [3.05, 3.63) is 40.6 Å². The molecule has 1 aliphatic heterocycles. The Morgan fingerprint density at radius 3 is 3.08 bits per heavy atom. The molecule has 1 aliphatic rings. The van der Waals surface area contributed by atoms with Crippen LogP contribution in [0.5, 0.6) is 5.75 Å². The Kier molecular flexibility index (Phi) is 1.96. The van der Waals surface area contributed by atoms with Gasteiger partial charge >= 0.3 is 0 Å². The van der Waals surface area contributed by atoms with Gasteiger partial charge in [-0.2, -0.15) is 5.26 Å². The van der Waals surface area contributed by atoms with Gasteiger partial charge in [0.1, 0.15) is 12.0 Å². The smallest absolute Gasteiger partial charge is 0.131 e. The second kappa shape index (κ2) is 3.12. The Morgan fingerprint density at radius 2 is 2.31 bits per heavy atom. The van der Waals surface area contributed by atoms with Crippen LogP contribution in [-0.4, -0.2) is 0 Å². The predicted molar refractivity (Wildman–Crippen MR) is 49.5 cm³/mol. The van der Waals surface area contributed by atoms with Crippen LogP contribution < -0.4 is 4.74 Å². The average Bonchev–Trinajstić information content (AvgIpc) is 2.18. The predicted octanol–water partition coefficient (Wildman–Crippen LogP) is 2.68. The third kappa shape index (κ3) is 1.39. The van der Waals surface area contributed by atoms with Crippen LogP contribution in [-0.2, 0) is 6.42 Å². The van der Waals surface area contributed by atoms with Gasteiger partial charge in [0, 0.05) is 17.0 Å². The number of hydrogen-bond acceptors (Lipinski definition) is 2.